The number of fused-ring (bicyclic) bond motifs is 1. The van der Waals surface area contributed by atoms with Crippen molar-refractivity contribution in [2.75, 3.05) is 6.61 Å². The lowest BCUT2D eigenvalue weighted by molar-refractivity contribution is -0.126. The minimum atomic E-state index is -1.13. The van der Waals surface area contributed by atoms with Gasteiger partial charge < -0.3 is 14.9 Å². The van der Waals surface area contributed by atoms with Gasteiger partial charge in [-0.1, -0.05) is 26.8 Å². The summed E-state index contributed by atoms with van der Waals surface area (Å²) in [4.78, 5) is 25.0. The van der Waals surface area contributed by atoms with Gasteiger partial charge in [0, 0.05) is 12.0 Å². The Bertz CT molecular complexity index is 589. The van der Waals surface area contributed by atoms with Crippen LogP contribution in [0.25, 0.3) is 0 Å². The fourth-order valence-electron chi connectivity index (χ4n) is 3.30. The molecule has 5 nitrogen and oxygen atoms in total. The monoisotopic (exact) mass is 350 g/mol. The maximum atomic E-state index is 12.7. The van der Waals surface area contributed by atoms with Crippen LogP contribution < -0.4 is 0 Å². The van der Waals surface area contributed by atoms with Crippen molar-refractivity contribution in [1.29, 1.82) is 0 Å². The van der Waals surface area contributed by atoms with Crippen LogP contribution in [0.3, 0.4) is 0 Å². The molecule has 4 atom stereocenters. The first-order valence-electron chi connectivity index (χ1n) is 9.14. The summed E-state index contributed by atoms with van der Waals surface area (Å²) >= 11 is 0. The number of rotatable bonds is 2. The summed E-state index contributed by atoms with van der Waals surface area (Å²) in [6.45, 7) is 7.34. The summed E-state index contributed by atoms with van der Waals surface area (Å²) in [6.07, 6.45) is 4.35. The molecule has 0 amide bonds. The summed E-state index contributed by atoms with van der Waals surface area (Å²) in [5.74, 6) is -0.724. The lowest BCUT2D eigenvalue weighted by Gasteiger charge is -2.21. The smallest absolute Gasteiger partial charge is 0.187 e. The highest BCUT2D eigenvalue weighted by Crippen LogP contribution is 2.42. The largest absolute Gasteiger partial charge is 0.392 e. The third kappa shape index (κ3) is 4.66. The topological polar surface area (TPSA) is 87.1 Å². The Morgan fingerprint density at radius 3 is 2.64 bits per heavy atom. The Hall–Kier alpha value is -1.30. The van der Waals surface area contributed by atoms with Crippen molar-refractivity contribution in [3.63, 3.8) is 0 Å². The molecule has 0 saturated carbocycles. The van der Waals surface area contributed by atoms with E-state index in [1.165, 1.54) is 0 Å². The van der Waals surface area contributed by atoms with E-state index < -0.39 is 6.10 Å². The fourth-order valence-corrected chi connectivity index (χ4v) is 3.30. The zero-order valence-corrected chi connectivity index (χ0v) is 15.6. The van der Waals surface area contributed by atoms with Gasteiger partial charge in [0.15, 0.2) is 11.6 Å². The third-order valence-corrected chi connectivity index (χ3v) is 5.37. The van der Waals surface area contributed by atoms with E-state index in [9.17, 15) is 19.8 Å². The third-order valence-electron chi connectivity index (χ3n) is 5.37. The van der Waals surface area contributed by atoms with Gasteiger partial charge in [0.2, 0.25) is 0 Å². The molecule has 2 rings (SSSR count). The average molecular weight is 350 g/mol. The van der Waals surface area contributed by atoms with Gasteiger partial charge in [-0.3, -0.25) is 9.59 Å². The van der Waals surface area contributed by atoms with Crippen LogP contribution in [0.15, 0.2) is 23.3 Å². The van der Waals surface area contributed by atoms with Crippen molar-refractivity contribution < 1.29 is 24.5 Å². The zero-order valence-electron chi connectivity index (χ0n) is 15.6. The number of epoxide rings is 1. The zero-order chi connectivity index (χ0) is 18.8. The number of ketones is 2. The molecule has 0 aromatic heterocycles. The molecular weight excluding hydrogens is 320 g/mol. The number of hydrogen-bond acceptors (Lipinski definition) is 5. The minimum absolute atomic E-state index is 0.00164. The maximum absolute atomic E-state index is 12.7. The van der Waals surface area contributed by atoms with Crippen molar-refractivity contribution in [2.24, 2.45) is 11.8 Å². The van der Waals surface area contributed by atoms with Gasteiger partial charge in [0.05, 0.1) is 12.2 Å². The molecule has 2 N–H and O–H groups in total. The highest BCUT2D eigenvalue weighted by Gasteiger charge is 2.50. The van der Waals surface area contributed by atoms with E-state index in [4.69, 9.17) is 4.74 Å². The Labute approximate surface area is 149 Å². The van der Waals surface area contributed by atoms with E-state index >= 15 is 0 Å². The Morgan fingerprint density at radius 1 is 1.36 bits per heavy atom. The molecule has 4 unspecified atom stereocenters. The molecule has 25 heavy (non-hydrogen) atoms. The number of aliphatic hydroxyl groups is 2. The first kappa shape index (κ1) is 20.0. The first-order valence-corrected chi connectivity index (χ1v) is 9.14. The average Bonchev–Trinajstić information content (AvgIpc) is 3.21. The number of carbonyl (C=O) groups is 2. The number of aliphatic hydroxyl groups excluding tert-OH is 2. The van der Waals surface area contributed by atoms with E-state index in [1.807, 2.05) is 26.8 Å². The van der Waals surface area contributed by atoms with Crippen molar-refractivity contribution in [3.8, 4) is 0 Å². The van der Waals surface area contributed by atoms with Crippen molar-refractivity contribution in [2.45, 2.75) is 71.2 Å². The number of hydrogen-bond donors (Lipinski definition) is 2. The van der Waals surface area contributed by atoms with Crippen molar-refractivity contribution in [1.82, 2.24) is 0 Å². The highest BCUT2D eigenvalue weighted by atomic mass is 16.6. The summed E-state index contributed by atoms with van der Waals surface area (Å²) < 4.78 is 5.78. The molecule has 1 saturated heterocycles. The van der Waals surface area contributed by atoms with E-state index in [0.717, 1.165) is 0 Å². The molecule has 1 heterocycles. The molecule has 0 aromatic rings. The van der Waals surface area contributed by atoms with Crippen LogP contribution in [0.5, 0.6) is 0 Å². The summed E-state index contributed by atoms with van der Waals surface area (Å²) in [6, 6.07) is 0. The predicted molar refractivity (Wildman–Crippen MR) is 95.0 cm³/mol. The second kappa shape index (κ2) is 7.94. The molecule has 0 spiro atoms. The molecule has 140 valence electrons. The molecule has 0 bridgehead atoms. The van der Waals surface area contributed by atoms with Crippen LogP contribution in [-0.2, 0) is 14.3 Å². The van der Waals surface area contributed by atoms with Crippen molar-refractivity contribution in [3.05, 3.63) is 23.3 Å². The van der Waals surface area contributed by atoms with Crippen molar-refractivity contribution >= 4 is 11.6 Å². The molecule has 0 radical (unpaired) electrons. The number of carbonyl (C=O) groups excluding carboxylic acids is 2. The Kier molecular flexibility index (Phi) is 6.35. The number of allylic oxidation sites excluding steroid dienone is 1. The first-order chi connectivity index (χ1) is 11.7. The summed E-state index contributed by atoms with van der Waals surface area (Å²) in [7, 11) is 0. The molecule has 1 aliphatic heterocycles. The van der Waals surface area contributed by atoms with Gasteiger partial charge in [-0.2, -0.15) is 0 Å². The SMILES string of the molecule is CC(C)C1=CC2OC2(C)CCC=C(CO)C(=O)CCC(C)C(O)C1=O. The van der Waals surface area contributed by atoms with Gasteiger partial charge >= 0.3 is 0 Å². The number of ether oxygens (including phenoxy) is 1. The van der Waals surface area contributed by atoms with Gasteiger partial charge in [0.25, 0.3) is 0 Å². The second-order valence-corrected chi connectivity index (χ2v) is 7.80. The van der Waals surface area contributed by atoms with Crippen LogP contribution in [0.4, 0.5) is 0 Å². The molecule has 0 aromatic carbocycles. The Balaban J connectivity index is 2.30. The molecule has 1 aliphatic carbocycles. The highest BCUT2D eigenvalue weighted by molar-refractivity contribution is 5.99. The lowest BCUT2D eigenvalue weighted by atomic mass is 9.86. The lowest BCUT2D eigenvalue weighted by Crippen LogP contribution is -2.31. The van der Waals surface area contributed by atoms with Crippen LogP contribution in [0, 0.1) is 11.8 Å². The summed E-state index contributed by atoms with van der Waals surface area (Å²) in [5, 5.41) is 19.9. The second-order valence-electron chi connectivity index (χ2n) is 7.80. The van der Waals surface area contributed by atoms with Crippen LogP contribution >= 0.6 is 0 Å². The van der Waals surface area contributed by atoms with Crippen LogP contribution in [0.2, 0.25) is 0 Å². The number of Topliss-reactive ketones (excluding diaryl/α,β-unsaturated/α-hetero) is 2. The van der Waals surface area contributed by atoms with Crippen LogP contribution in [0.1, 0.15) is 53.4 Å². The van der Waals surface area contributed by atoms with E-state index in [0.29, 0.717) is 30.4 Å². The quantitative estimate of drug-likeness (QED) is 0.747. The van der Waals surface area contributed by atoms with Gasteiger partial charge in [-0.15, -0.1) is 0 Å². The molecule has 5 heteroatoms. The van der Waals surface area contributed by atoms with Gasteiger partial charge in [-0.25, -0.2) is 0 Å². The molecule has 1 fully saturated rings. The van der Waals surface area contributed by atoms with Gasteiger partial charge in [0.1, 0.15) is 12.2 Å². The van der Waals surface area contributed by atoms with Gasteiger partial charge in [-0.05, 0) is 49.7 Å². The normalized spacial score (nSPS) is 34.9. The van der Waals surface area contributed by atoms with Crippen LogP contribution in [-0.4, -0.2) is 46.2 Å². The van der Waals surface area contributed by atoms with E-state index in [1.54, 1.807) is 13.0 Å². The predicted octanol–water partition coefficient (Wildman–Crippen LogP) is 2.35. The van der Waals surface area contributed by atoms with E-state index in [2.05, 4.69) is 0 Å². The molecule has 2 aliphatic rings. The Morgan fingerprint density at radius 2 is 2.04 bits per heavy atom. The fraction of sp³-hybridized carbons (Fsp3) is 0.700. The minimum Gasteiger partial charge on any atom is -0.392 e. The van der Waals surface area contributed by atoms with E-state index in [-0.39, 0.29) is 48.1 Å². The molecular formula is C20H30O5. The maximum Gasteiger partial charge on any atom is 0.187 e. The summed E-state index contributed by atoms with van der Waals surface area (Å²) in [5.41, 5.74) is 0.647. The standard InChI is InChI=1S/C20H30O5/c1-12(2)15-10-17-20(4,25-17)9-5-6-14(11-21)16(22)8-7-13(3)18(23)19(15)24/h6,10,12-13,17-18,21,23H,5,7-9,11H2,1-4H3.